The van der Waals surface area contributed by atoms with Gasteiger partial charge in [-0.3, -0.25) is 4.79 Å². The van der Waals surface area contributed by atoms with Gasteiger partial charge in [0.15, 0.2) is 0 Å². The third kappa shape index (κ3) is 4.01. The number of amides is 1. The molecule has 19 heavy (non-hydrogen) atoms. The zero-order valence-electron chi connectivity index (χ0n) is 11.2. The van der Waals surface area contributed by atoms with Gasteiger partial charge in [-0.1, -0.05) is 6.92 Å². The molecule has 0 aromatic carbocycles. The Bertz CT molecular complexity index is 430. The first-order chi connectivity index (χ1) is 9.20. The van der Waals surface area contributed by atoms with E-state index in [1.165, 1.54) is 6.42 Å². The predicted octanol–water partition coefficient (Wildman–Crippen LogP) is 2.45. The Kier molecular flexibility index (Phi) is 5.34. The predicted molar refractivity (Wildman–Crippen MR) is 79.2 cm³/mol. The van der Waals surface area contributed by atoms with E-state index in [2.05, 4.69) is 38.1 Å². The second kappa shape index (κ2) is 7.01. The highest BCUT2D eigenvalue weighted by Crippen LogP contribution is 2.15. The molecule has 104 valence electrons. The van der Waals surface area contributed by atoms with Crippen LogP contribution in [0.2, 0.25) is 0 Å². The van der Waals surface area contributed by atoms with Gasteiger partial charge >= 0.3 is 0 Å². The first-order valence-electron chi connectivity index (χ1n) is 6.84. The summed E-state index contributed by atoms with van der Waals surface area (Å²) in [6.07, 6.45) is 4.93. The van der Waals surface area contributed by atoms with Gasteiger partial charge in [-0.2, -0.15) is 0 Å². The summed E-state index contributed by atoms with van der Waals surface area (Å²) in [4.78, 5) is 18.7. The van der Waals surface area contributed by atoms with Gasteiger partial charge in [-0.25, -0.2) is 4.98 Å². The average molecular weight is 326 g/mol. The van der Waals surface area contributed by atoms with Crippen molar-refractivity contribution in [3.63, 3.8) is 0 Å². The number of rotatable bonds is 4. The number of likely N-dealkylation sites (tertiary alicyclic amines) is 1. The van der Waals surface area contributed by atoms with E-state index in [4.69, 9.17) is 0 Å². The minimum atomic E-state index is -0.0334. The van der Waals surface area contributed by atoms with Crippen molar-refractivity contribution in [1.29, 1.82) is 0 Å². The molecule has 1 aliphatic rings. The lowest BCUT2D eigenvalue weighted by atomic mass is 10.0. The van der Waals surface area contributed by atoms with Crippen LogP contribution < -0.4 is 5.32 Å². The maximum Gasteiger partial charge on any atom is 0.254 e. The smallest absolute Gasteiger partial charge is 0.254 e. The summed E-state index contributed by atoms with van der Waals surface area (Å²) in [5.74, 6) is -0.0334. The first kappa shape index (κ1) is 14.5. The molecule has 1 aliphatic heterocycles. The summed E-state index contributed by atoms with van der Waals surface area (Å²) >= 11 is 3.31. The summed E-state index contributed by atoms with van der Waals surface area (Å²) in [5, 5.41) is 3.10. The third-order valence-corrected chi connectivity index (χ3v) is 4.10. The van der Waals surface area contributed by atoms with E-state index in [-0.39, 0.29) is 11.9 Å². The van der Waals surface area contributed by atoms with Crippen molar-refractivity contribution in [3.05, 3.63) is 28.5 Å². The molecule has 5 heteroatoms. The van der Waals surface area contributed by atoms with E-state index in [9.17, 15) is 4.79 Å². The molecule has 1 N–H and O–H groups in total. The lowest BCUT2D eigenvalue weighted by molar-refractivity contribution is 0.0910. The Morgan fingerprint density at radius 3 is 2.89 bits per heavy atom. The van der Waals surface area contributed by atoms with Crippen LogP contribution >= 0.6 is 15.9 Å². The van der Waals surface area contributed by atoms with Crippen molar-refractivity contribution >= 4 is 21.8 Å². The summed E-state index contributed by atoms with van der Waals surface area (Å²) in [6.45, 7) is 5.52. The Morgan fingerprint density at radius 1 is 1.53 bits per heavy atom. The third-order valence-electron chi connectivity index (χ3n) is 3.47. The van der Waals surface area contributed by atoms with E-state index in [1.54, 1.807) is 18.3 Å². The van der Waals surface area contributed by atoms with E-state index >= 15 is 0 Å². The molecule has 2 rings (SSSR count). The molecule has 0 spiro atoms. The Morgan fingerprint density at radius 2 is 2.26 bits per heavy atom. The summed E-state index contributed by atoms with van der Waals surface area (Å²) in [7, 11) is 0. The molecule has 0 bridgehead atoms. The monoisotopic (exact) mass is 325 g/mol. The van der Waals surface area contributed by atoms with Gasteiger partial charge in [0.1, 0.15) is 4.60 Å². The SMILES string of the molecule is CCCN1CCC(NC(=O)c2cccnc2Br)CC1. The van der Waals surface area contributed by atoms with Crippen LogP contribution in [0.3, 0.4) is 0 Å². The topological polar surface area (TPSA) is 45.2 Å². The number of nitrogens with one attached hydrogen (secondary N) is 1. The largest absolute Gasteiger partial charge is 0.349 e. The fourth-order valence-corrected chi connectivity index (χ4v) is 2.87. The molecular formula is C14H20BrN3O. The molecule has 1 fully saturated rings. The van der Waals surface area contributed by atoms with Gasteiger partial charge in [0.05, 0.1) is 5.56 Å². The minimum absolute atomic E-state index is 0.0334. The summed E-state index contributed by atoms with van der Waals surface area (Å²) in [5.41, 5.74) is 0.610. The lowest BCUT2D eigenvalue weighted by Crippen LogP contribution is -2.44. The Balaban J connectivity index is 1.86. The molecule has 2 heterocycles. The molecule has 1 aromatic rings. The second-order valence-electron chi connectivity index (χ2n) is 4.93. The number of hydrogen-bond acceptors (Lipinski definition) is 3. The minimum Gasteiger partial charge on any atom is -0.349 e. The number of pyridine rings is 1. The molecule has 0 unspecified atom stereocenters. The normalized spacial score (nSPS) is 17.4. The van der Waals surface area contributed by atoms with Gasteiger partial charge in [0, 0.05) is 25.3 Å². The van der Waals surface area contributed by atoms with Crippen molar-refractivity contribution < 1.29 is 4.79 Å². The number of halogens is 1. The highest BCUT2D eigenvalue weighted by atomic mass is 79.9. The quantitative estimate of drug-likeness (QED) is 0.865. The first-order valence-corrected chi connectivity index (χ1v) is 7.63. The fourth-order valence-electron chi connectivity index (χ4n) is 2.44. The number of hydrogen-bond donors (Lipinski definition) is 1. The van der Waals surface area contributed by atoms with Gasteiger partial charge in [-0.15, -0.1) is 0 Å². The Labute approximate surface area is 122 Å². The number of carbonyl (C=O) groups excluding carboxylic acids is 1. The molecule has 1 aromatic heterocycles. The molecule has 0 radical (unpaired) electrons. The zero-order valence-corrected chi connectivity index (χ0v) is 12.8. The highest BCUT2D eigenvalue weighted by Gasteiger charge is 2.21. The van der Waals surface area contributed by atoms with Crippen LogP contribution in [0.4, 0.5) is 0 Å². The number of carbonyl (C=O) groups is 1. The van der Waals surface area contributed by atoms with Crippen LogP contribution in [-0.4, -0.2) is 41.5 Å². The van der Waals surface area contributed by atoms with Crippen molar-refractivity contribution in [3.8, 4) is 0 Å². The van der Waals surface area contributed by atoms with Crippen molar-refractivity contribution in [2.75, 3.05) is 19.6 Å². The number of piperidine rings is 1. The van der Waals surface area contributed by atoms with E-state index < -0.39 is 0 Å². The van der Waals surface area contributed by atoms with Crippen LogP contribution in [-0.2, 0) is 0 Å². The molecule has 1 amide bonds. The molecule has 0 atom stereocenters. The van der Waals surface area contributed by atoms with E-state index in [0.29, 0.717) is 10.2 Å². The maximum absolute atomic E-state index is 12.1. The van der Waals surface area contributed by atoms with Gasteiger partial charge < -0.3 is 10.2 Å². The van der Waals surface area contributed by atoms with Crippen LogP contribution in [0, 0.1) is 0 Å². The lowest BCUT2D eigenvalue weighted by Gasteiger charge is -2.32. The molecule has 0 aliphatic carbocycles. The van der Waals surface area contributed by atoms with Crippen molar-refractivity contribution in [1.82, 2.24) is 15.2 Å². The van der Waals surface area contributed by atoms with Crippen molar-refractivity contribution in [2.24, 2.45) is 0 Å². The summed E-state index contributed by atoms with van der Waals surface area (Å²) < 4.78 is 0.607. The van der Waals surface area contributed by atoms with Gasteiger partial charge in [0.2, 0.25) is 0 Å². The standard InChI is InChI=1S/C14H20BrN3O/c1-2-8-18-9-5-11(6-10-18)17-14(19)12-4-3-7-16-13(12)15/h3-4,7,11H,2,5-6,8-10H2,1H3,(H,17,19). The maximum atomic E-state index is 12.1. The van der Waals surface area contributed by atoms with Gasteiger partial charge in [0.25, 0.3) is 5.91 Å². The van der Waals surface area contributed by atoms with Crippen LogP contribution in [0.15, 0.2) is 22.9 Å². The van der Waals surface area contributed by atoms with Gasteiger partial charge in [-0.05, 0) is 53.9 Å². The molecule has 0 saturated carbocycles. The summed E-state index contributed by atoms with van der Waals surface area (Å²) in [6, 6.07) is 3.86. The number of aromatic nitrogens is 1. The van der Waals surface area contributed by atoms with Crippen LogP contribution in [0.25, 0.3) is 0 Å². The van der Waals surface area contributed by atoms with Crippen molar-refractivity contribution in [2.45, 2.75) is 32.2 Å². The van der Waals surface area contributed by atoms with E-state index in [1.807, 2.05) is 0 Å². The highest BCUT2D eigenvalue weighted by molar-refractivity contribution is 9.10. The van der Waals surface area contributed by atoms with Crippen LogP contribution in [0.1, 0.15) is 36.5 Å². The van der Waals surface area contributed by atoms with Crippen LogP contribution in [0.5, 0.6) is 0 Å². The molecule has 4 nitrogen and oxygen atoms in total. The molecule has 1 saturated heterocycles. The number of nitrogens with zero attached hydrogens (tertiary/aromatic N) is 2. The molecular weight excluding hydrogens is 306 g/mol. The zero-order chi connectivity index (χ0) is 13.7. The average Bonchev–Trinajstić information content (AvgIpc) is 2.42. The Hall–Kier alpha value is -0.940. The second-order valence-corrected chi connectivity index (χ2v) is 5.68. The fraction of sp³-hybridized carbons (Fsp3) is 0.571. The van der Waals surface area contributed by atoms with E-state index in [0.717, 1.165) is 32.5 Å².